The molecule has 0 radical (unpaired) electrons. The lowest BCUT2D eigenvalue weighted by molar-refractivity contribution is 0.247. The van der Waals surface area contributed by atoms with E-state index in [1.54, 1.807) is 0 Å². The van der Waals surface area contributed by atoms with Crippen molar-refractivity contribution in [3.05, 3.63) is 28.5 Å². The summed E-state index contributed by atoms with van der Waals surface area (Å²) in [5.41, 5.74) is 6.10. The number of benzene rings is 1. The van der Waals surface area contributed by atoms with Gasteiger partial charge in [0.1, 0.15) is 10.7 Å². The van der Waals surface area contributed by atoms with E-state index < -0.39 is 15.8 Å². The summed E-state index contributed by atoms with van der Waals surface area (Å²) in [6.45, 7) is 3.69. The summed E-state index contributed by atoms with van der Waals surface area (Å²) in [5, 5.41) is -0.0878. The van der Waals surface area contributed by atoms with Gasteiger partial charge in [0.15, 0.2) is 0 Å². The molecule has 0 bridgehead atoms. The van der Waals surface area contributed by atoms with Crippen molar-refractivity contribution in [1.29, 1.82) is 0 Å². The summed E-state index contributed by atoms with van der Waals surface area (Å²) in [6, 6.07) is 2.16. The van der Waals surface area contributed by atoms with Gasteiger partial charge in [-0.15, -0.1) is 0 Å². The molecule has 1 saturated heterocycles. The molecule has 20 heavy (non-hydrogen) atoms. The first-order valence-electron chi connectivity index (χ1n) is 6.46. The monoisotopic (exact) mass is 320 g/mol. The number of nitrogens with zero attached hydrogens (tertiary/aromatic N) is 1. The number of halogens is 2. The van der Waals surface area contributed by atoms with Crippen LogP contribution in [-0.4, -0.2) is 31.4 Å². The highest BCUT2D eigenvalue weighted by atomic mass is 35.5. The van der Waals surface area contributed by atoms with Gasteiger partial charge in [0, 0.05) is 18.6 Å². The van der Waals surface area contributed by atoms with Gasteiger partial charge in [-0.3, -0.25) is 0 Å². The summed E-state index contributed by atoms with van der Waals surface area (Å²) in [7, 11) is -3.73. The summed E-state index contributed by atoms with van der Waals surface area (Å²) < 4.78 is 40.1. The van der Waals surface area contributed by atoms with E-state index >= 15 is 0 Å². The number of nitrogens with two attached hydrogens (primary N) is 1. The normalized spacial score (nSPS) is 24.9. The van der Waals surface area contributed by atoms with Crippen LogP contribution in [0.2, 0.25) is 5.02 Å². The predicted molar refractivity (Wildman–Crippen MR) is 76.7 cm³/mol. The molecule has 1 aliphatic heterocycles. The van der Waals surface area contributed by atoms with E-state index in [4.69, 9.17) is 17.3 Å². The van der Waals surface area contributed by atoms with Gasteiger partial charge in [0.25, 0.3) is 0 Å². The summed E-state index contributed by atoms with van der Waals surface area (Å²) >= 11 is 5.91. The molecule has 0 unspecified atom stereocenters. The van der Waals surface area contributed by atoms with Crippen molar-refractivity contribution in [3.63, 3.8) is 0 Å². The second-order valence-corrected chi connectivity index (χ2v) is 7.55. The van der Waals surface area contributed by atoms with Crippen molar-refractivity contribution in [2.24, 2.45) is 5.73 Å². The van der Waals surface area contributed by atoms with Gasteiger partial charge in [0.2, 0.25) is 10.0 Å². The van der Waals surface area contributed by atoms with Crippen molar-refractivity contribution >= 4 is 21.6 Å². The van der Waals surface area contributed by atoms with Gasteiger partial charge in [-0.25, -0.2) is 12.8 Å². The number of aryl methyl sites for hydroxylation is 1. The summed E-state index contributed by atoms with van der Waals surface area (Å²) in [6.07, 6.45) is 1.22. The average molecular weight is 321 g/mol. The van der Waals surface area contributed by atoms with Crippen molar-refractivity contribution in [2.75, 3.05) is 6.54 Å². The van der Waals surface area contributed by atoms with Crippen molar-refractivity contribution in [1.82, 2.24) is 4.31 Å². The molecule has 1 aliphatic rings. The molecule has 1 aromatic carbocycles. The Morgan fingerprint density at radius 2 is 2.10 bits per heavy atom. The lowest BCUT2D eigenvalue weighted by Gasteiger charge is -2.35. The zero-order valence-corrected chi connectivity index (χ0v) is 13.0. The Hall–Kier alpha value is -0.690. The summed E-state index contributed by atoms with van der Waals surface area (Å²) in [5.74, 6) is -0.511. The molecule has 7 heteroatoms. The maximum absolute atomic E-state index is 13.4. The smallest absolute Gasteiger partial charge is 0.244 e. The van der Waals surface area contributed by atoms with Crippen molar-refractivity contribution < 1.29 is 12.8 Å². The third kappa shape index (κ3) is 2.83. The molecule has 0 spiro atoms. The minimum absolute atomic E-state index is 0.0156. The maximum atomic E-state index is 13.4. The Labute approximate surface area is 123 Å². The van der Waals surface area contributed by atoms with Crippen LogP contribution in [0.5, 0.6) is 0 Å². The molecule has 0 amide bonds. The molecule has 1 heterocycles. The first-order chi connectivity index (χ1) is 9.23. The molecular weight excluding hydrogens is 303 g/mol. The molecule has 2 rings (SSSR count). The highest BCUT2D eigenvalue weighted by Crippen LogP contribution is 2.30. The van der Waals surface area contributed by atoms with Crippen LogP contribution in [-0.2, 0) is 10.0 Å². The Morgan fingerprint density at radius 1 is 1.45 bits per heavy atom. The van der Waals surface area contributed by atoms with Gasteiger partial charge < -0.3 is 5.73 Å². The topological polar surface area (TPSA) is 63.4 Å². The molecule has 0 aromatic heterocycles. The third-order valence-corrected chi connectivity index (χ3v) is 6.13. The number of rotatable bonds is 2. The van der Waals surface area contributed by atoms with E-state index in [-0.39, 0.29) is 27.6 Å². The highest BCUT2D eigenvalue weighted by molar-refractivity contribution is 7.89. The predicted octanol–water partition coefficient (Wildman–Crippen LogP) is 2.29. The van der Waals surface area contributed by atoms with Crippen LogP contribution in [0.1, 0.15) is 25.3 Å². The van der Waals surface area contributed by atoms with Crippen LogP contribution < -0.4 is 5.73 Å². The van der Waals surface area contributed by atoms with E-state index in [1.165, 1.54) is 17.3 Å². The molecule has 0 aliphatic carbocycles. The lowest BCUT2D eigenvalue weighted by Crippen LogP contribution is -2.48. The lowest BCUT2D eigenvalue weighted by atomic mass is 10.0. The second-order valence-electron chi connectivity index (χ2n) is 5.28. The zero-order chi connectivity index (χ0) is 15.1. The van der Waals surface area contributed by atoms with Crippen LogP contribution in [0, 0.1) is 12.7 Å². The Bertz CT molecular complexity index is 621. The Morgan fingerprint density at radius 3 is 2.70 bits per heavy atom. The molecule has 112 valence electrons. The van der Waals surface area contributed by atoms with Crippen LogP contribution >= 0.6 is 11.6 Å². The molecule has 2 atom stereocenters. The standard InChI is InChI=1S/C13H18ClFN2O2S/c1-8-5-13(11(14)7-12(8)15)20(18,19)17-4-3-10(16)6-9(17)2/h5,7,9-10H,3-4,6,16H2,1-2H3/t9-,10+/m1/s1. The molecule has 1 aromatic rings. The molecule has 0 saturated carbocycles. The van der Waals surface area contributed by atoms with E-state index in [0.29, 0.717) is 19.4 Å². The van der Waals surface area contributed by atoms with Crippen LogP contribution in [0.15, 0.2) is 17.0 Å². The van der Waals surface area contributed by atoms with Crippen molar-refractivity contribution in [2.45, 2.75) is 43.7 Å². The van der Waals surface area contributed by atoms with E-state index in [9.17, 15) is 12.8 Å². The third-order valence-electron chi connectivity index (χ3n) is 3.66. The fourth-order valence-electron chi connectivity index (χ4n) is 2.50. The van der Waals surface area contributed by atoms with E-state index in [2.05, 4.69) is 0 Å². The largest absolute Gasteiger partial charge is 0.328 e. The number of sulfonamides is 1. The van der Waals surface area contributed by atoms with Gasteiger partial charge in [0.05, 0.1) is 5.02 Å². The van der Waals surface area contributed by atoms with Gasteiger partial charge in [-0.2, -0.15) is 4.31 Å². The fraction of sp³-hybridized carbons (Fsp3) is 0.538. The first-order valence-corrected chi connectivity index (χ1v) is 8.28. The Kier molecular flexibility index (Phi) is 4.39. The van der Waals surface area contributed by atoms with Crippen LogP contribution in [0.3, 0.4) is 0 Å². The average Bonchev–Trinajstić information content (AvgIpc) is 2.33. The van der Waals surface area contributed by atoms with Gasteiger partial charge in [-0.1, -0.05) is 11.6 Å². The van der Waals surface area contributed by atoms with Gasteiger partial charge >= 0.3 is 0 Å². The van der Waals surface area contributed by atoms with Crippen LogP contribution in [0.4, 0.5) is 4.39 Å². The molecule has 2 N–H and O–H groups in total. The van der Waals surface area contributed by atoms with Crippen LogP contribution in [0.25, 0.3) is 0 Å². The zero-order valence-electron chi connectivity index (χ0n) is 11.4. The SMILES string of the molecule is Cc1cc(S(=O)(=O)N2CC[C@H](N)C[C@H]2C)c(Cl)cc1F. The quantitative estimate of drug-likeness (QED) is 0.909. The van der Waals surface area contributed by atoms with Crippen molar-refractivity contribution in [3.8, 4) is 0 Å². The molecular formula is C13H18ClFN2O2S. The maximum Gasteiger partial charge on any atom is 0.244 e. The number of hydrogen-bond donors (Lipinski definition) is 1. The Balaban J connectivity index is 2.43. The minimum atomic E-state index is -3.73. The second kappa shape index (κ2) is 5.60. The first kappa shape index (κ1) is 15.7. The molecule has 1 fully saturated rings. The van der Waals surface area contributed by atoms with Gasteiger partial charge in [-0.05, 0) is 44.4 Å². The number of hydrogen-bond acceptors (Lipinski definition) is 3. The van der Waals surface area contributed by atoms with E-state index in [1.807, 2.05) is 6.92 Å². The summed E-state index contributed by atoms with van der Waals surface area (Å²) in [4.78, 5) is -0.0413. The number of piperidine rings is 1. The minimum Gasteiger partial charge on any atom is -0.328 e. The molecule has 4 nitrogen and oxygen atoms in total. The van der Waals surface area contributed by atoms with E-state index in [0.717, 1.165) is 6.07 Å². The fourth-order valence-corrected chi connectivity index (χ4v) is 4.73. The highest BCUT2D eigenvalue weighted by Gasteiger charge is 2.34.